The summed E-state index contributed by atoms with van der Waals surface area (Å²) in [5, 5.41) is 3.57. The molecule has 7 aromatic rings. The maximum Gasteiger partial charge on any atom is 2.00 e. The fraction of sp³-hybridized carbons (Fsp3) is 0.273. The van der Waals surface area contributed by atoms with Gasteiger partial charge in [0.05, 0.1) is 29.9 Å². The van der Waals surface area contributed by atoms with Gasteiger partial charge in [0, 0.05) is 44.8 Å². The minimum absolute atomic E-state index is 0. The van der Waals surface area contributed by atoms with Crippen LogP contribution in [-0.2, 0) is 19.5 Å². The zero-order valence-corrected chi connectivity index (χ0v) is 32.7. The predicted molar refractivity (Wildman–Crippen MR) is 205 cm³/mol. The van der Waals surface area contributed by atoms with Crippen LogP contribution < -0.4 is 14.7 Å². The zero-order chi connectivity index (χ0) is 34.7. The summed E-state index contributed by atoms with van der Waals surface area (Å²) in [5.74, 6) is 5.80. The van der Waals surface area contributed by atoms with Crippen molar-refractivity contribution < 1.29 is 24.2 Å². The van der Waals surface area contributed by atoms with Crippen LogP contribution in [0.25, 0.3) is 89.7 Å². The molecule has 13 rings (SSSR count). The Morgan fingerprint density at radius 1 is 0.500 bits per heavy atom. The van der Waals surface area contributed by atoms with Gasteiger partial charge in [-0.1, -0.05) is 72.8 Å². The predicted octanol–water partition coefficient (Wildman–Crippen LogP) is 9.11. The molecule has 4 aromatic carbocycles. The molecule has 6 aliphatic rings. The van der Waals surface area contributed by atoms with Gasteiger partial charge in [-0.3, -0.25) is 0 Å². The summed E-state index contributed by atoms with van der Waals surface area (Å²) in [7, 11) is 0. The first-order valence-corrected chi connectivity index (χ1v) is 18.9. The topological polar surface area (TPSA) is 115 Å². The Hall–Kier alpha value is -5.34. The summed E-state index contributed by atoms with van der Waals surface area (Å²) in [6, 6.07) is 30.3. The van der Waals surface area contributed by atoms with Crippen LogP contribution in [0.4, 0.5) is 0 Å². The van der Waals surface area contributed by atoms with Gasteiger partial charge < -0.3 is 34.6 Å². The molecule has 0 saturated heterocycles. The number of hydrogen-bond acceptors (Lipinski definition) is 7. The molecule has 0 atom stereocenters. The summed E-state index contributed by atoms with van der Waals surface area (Å²) in [4.78, 5) is 40.3. The van der Waals surface area contributed by atoms with Crippen LogP contribution in [0.1, 0.15) is 44.9 Å². The molecule has 54 heavy (non-hydrogen) atoms. The molecule has 258 valence electrons. The first-order chi connectivity index (χ1) is 26.1. The maximum atomic E-state index is 6.56. The summed E-state index contributed by atoms with van der Waals surface area (Å²) in [6.07, 6.45) is 9.65. The van der Waals surface area contributed by atoms with Gasteiger partial charge in [0.2, 0.25) is 0 Å². The smallest absolute Gasteiger partial charge is 0.494 e. The van der Waals surface area contributed by atoms with Gasteiger partial charge in [0.15, 0.2) is 0 Å². The number of nitrogens with zero attached hydrogens (tertiary/aromatic N) is 8. The molecule has 0 N–H and O–H groups in total. The molecule has 12 bridgehead atoms. The summed E-state index contributed by atoms with van der Waals surface area (Å²) >= 11 is 0. The van der Waals surface area contributed by atoms with Crippen LogP contribution in [0.15, 0.2) is 91.0 Å². The van der Waals surface area contributed by atoms with E-state index in [0.29, 0.717) is 51.3 Å². The number of hydrogen-bond donors (Lipinski definition) is 0. The van der Waals surface area contributed by atoms with Gasteiger partial charge in [-0.2, -0.15) is 0 Å². The Labute approximate surface area is 323 Å². The number of rotatable bonds is 4. The van der Waals surface area contributed by atoms with Gasteiger partial charge in [0.1, 0.15) is 5.75 Å². The zero-order valence-electron chi connectivity index (χ0n) is 29.7. The van der Waals surface area contributed by atoms with Gasteiger partial charge in [0.25, 0.3) is 0 Å². The third-order valence-electron chi connectivity index (χ3n) is 12.5. The van der Waals surface area contributed by atoms with Crippen LogP contribution in [0.2, 0.25) is 0 Å². The SMILES string of the molecule is [Zn+2].c1ccc2c(c1)-c1nc-2nc2[n-]c(nc3nc(nc4[n-]c(n1)c1ccccc41)-c1ccc(OCCC45CC6CC(CC(C6)C4)C5)cc1-3)c1ccccc21. The van der Waals surface area contributed by atoms with E-state index in [1.54, 1.807) is 0 Å². The largest absolute Gasteiger partial charge is 2.00 e. The number of ether oxygens (including phenoxy) is 1. The van der Waals surface area contributed by atoms with Crippen molar-refractivity contribution in [1.82, 2.24) is 39.9 Å². The summed E-state index contributed by atoms with van der Waals surface area (Å²) < 4.78 is 6.56. The van der Waals surface area contributed by atoms with Gasteiger partial charge in [-0.05, 0) is 108 Å². The fourth-order valence-corrected chi connectivity index (χ4v) is 10.6. The van der Waals surface area contributed by atoms with E-state index >= 15 is 0 Å². The molecule has 0 unspecified atom stereocenters. The van der Waals surface area contributed by atoms with Crippen molar-refractivity contribution in [2.24, 2.45) is 23.2 Å². The molecule has 9 nitrogen and oxygen atoms in total. The minimum atomic E-state index is 0. The van der Waals surface area contributed by atoms with Crippen molar-refractivity contribution in [1.29, 1.82) is 0 Å². The average molecular weight is 756 g/mol. The van der Waals surface area contributed by atoms with Crippen molar-refractivity contribution >= 4 is 44.1 Å². The average Bonchev–Trinajstić information content (AvgIpc) is 3.90. The second-order valence-corrected chi connectivity index (χ2v) is 15.8. The van der Waals surface area contributed by atoms with Crippen molar-refractivity contribution in [3.8, 4) is 51.3 Å². The van der Waals surface area contributed by atoms with E-state index in [9.17, 15) is 0 Å². The quantitative estimate of drug-likeness (QED) is 0.162. The molecule has 0 spiro atoms. The molecule has 0 amide bonds. The third-order valence-corrected chi connectivity index (χ3v) is 12.5. The van der Waals surface area contributed by atoms with E-state index in [1.165, 1.54) is 38.5 Å². The van der Waals surface area contributed by atoms with E-state index < -0.39 is 0 Å². The van der Waals surface area contributed by atoms with Gasteiger partial charge in [-0.25, -0.2) is 9.97 Å². The van der Waals surface area contributed by atoms with E-state index in [2.05, 4.69) is 12.1 Å². The van der Waals surface area contributed by atoms with Crippen LogP contribution in [0.5, 0.6) is 5.75 Å². The first kappa shape index (κ1) is 32.1. The van der Waals surface area contributed by atoms with E-state index in [-0.39, 0.29) is 19.5 Å². The van der Waals surface area contributed by atoms with Crippen LogP contribution >= 0.6 is 0 Å². The Morgan fingerprint density at radius 2 is 0.907 bits per heavy atom. The fourth-order valence-electron chi connectivity index (χ4n) is 10.6. The van der Waals surface area contributed by atoms with Crippen LogP contribution in [0.3, 0.4) is 0 Å². The molecule has 2 aliphatic heterocycles. The molecule has 3 aromatic heterocycles. The van der Waals surface area contributed by atoms with E-state index in [1.807, 2.05) is 78.9 Å². The van der Waals surface area contributed by atoms with Gasteiger partial charge >= 0.3 is 19.5 Å². The Bertz CT molecular complexity index is 2800. The van der Waals surface area contributed by atoms with E-state index in [0.717, 1.165) is 80.3 Å². The monoisotopic (exact) mass is 754 g/mol. The Kier molecular flexibility index (Phi) is 7.19. The van der Waals surface area contributed by atoms with Crippen LogP contribution in [0, 0.1) is 23.2 Å². The molecule has 0 radical (unpaired) electrons. The van der Waals surface area contributed by atoms with Gasteiger partial charge in [-0.15, -0.1) is 0 Å². The normalized spacial score (nSPS) is 21.9. The molecule has 4 saturated carbocycles. The van der Waals surface area contributed by atoms with Crippen molar-refractivity contribution in [3.05, 3.63) is 91.0 Å². The number of benzene rings is 4. The minimum Gasteiger partial charge on any atom is -0.494 e. The van der Waals surface area contributed by atoms with Crippen molar-refractivity contribution in [2.75, 3.05) is 6.61 Å². The third kappa shape index (κ3) is 5.06. The Morgan fingerprint density at radius 3 is 1.37 bits per heavy atom. The van der Waals surface area contributed by atoms with Crippen LogP contribution in [-0.4, -0.2) is 36.5 Å². The second kappa shape index (κ2) is 12.1. The molecular weight excluding hydrogens is 722 g/mol. The van der Waals surface area contributed by atoms with Crippen molar-refractivity contribution in [3.63, 3.8) is 0 Å². The maximum absolute atomic E-state index is 6.56. The standard InChI is InChI=1S/C44H34N8O.Zn/c1-2-8-29-28(7-1)36-45-37(29)47-39-32-11-5-6-12-33(32)41(49-39)51-43-35-20-27(53-16-15-44-21-24-17-25(22-44)19-26(18-24)23-44)13-14-34(35)42(52-43)50-40-31-10-4-3-9-30(31)38(46-36)48-40;/h1-14,20,24-26H,15-19,21-23H2;/q-2;+2. The molecule has 10 heteroatoms. The summed E-state index contributed by atoms with van der Waals surface area (Å²) in [5.41, 5.74) is 6.19. The molecular formula is C44H34N8OZn. The van der Waals surface area contributed by atoms with Crippen molar-refractivity contribution in [2.45, 2.75) is 44.9 Å². The summed E-state index contributed by atoms with van der Waals surface area (Å²) in [6.45, 7) is 0.719. The van der Waals surface area contributed by atoms with E-state index in [4.69, 9.17) is 44.6 Å². The number of fused-ring (bicyclic) bond motifs is 20. The Balaban J connectivity index is 0.00000341. The second-order valence-electron chi connectivity index (χ2n) is 15.8. The molecule has 5 heterocycles. The number of aromatic nitrogens is 8. The molecule has 4 fully saturated rings. The molecule has 4 aliphatic carbocycles. The first-order valence-electron chi connectivity index (χ1n) is 18.9.